The topological polar surface area (TPSA) is 36.9 Å². The zero-order valence-corrected chi connectivity index (χ0v) is 42.1. The Kier molecular flexibility index (Phi) is 13.7. The van der Waals surface area contributed by atoms with Crippen molar-refractivity contribution >= 4 is 5.57 Å². The van der Waals surface area contributed by atoms with E-state index < -0.39 is 0 Å². The molecule has 0 N–H and O–H groups in total. The largest absolute Gasteiger partial charge is 0.497 e. The van der Waals surface area contributed by atoms with E-state index >= 15 is 0 Å². The van der Waals surface area contributed by atoms with Gasteiger partial charge in [-0.3, -0.25) is 0 Å². The van der Waals surface area contributed by atoms with Crippen LogP contribution in [0.2, 0.25) is 0 Å². The molecule has 0 aromatic heterocycles. The molecule has 10 aromatic carbocycles. The molecular weight excluding hydrogens is 905 g/mol. The Morgan fingerprint density at radius 3 is 0.905 bits per heavy atom. The van der Waals surface area contributed by atoms with E-state index in [-0.39, 0.29) is 6.10 Å². The van der Waals surface area contributed by atoms with Crippen molar-refractivity contribution in [3.05, 3.63) is 254 Å². The molecule has 0 heterocycles. The van der Waals surface area contributed by atoms with Gasteiger partial charge in [-0.1, -0.05) is 200 Å². The van der Waals surface area contributed by atoms with Crippen molar-refractivity contribution in [1.82, 2.24) is 0 Å². The molecule has 1 unspecified atom stereocenters. The van der Waals surface area contributed by atoms with Crippen LogP contribution in [0.25, 0.3) is 106 Å². The monoisotopic (exact) mass is 960 g/mol. The van der Waals surface area contributed by atoms with Crippen LogP contribution in [-0.2, 0) is 4.74 Å². The standard InChI is InChI=1S/C70H56O4/c1-71-57-37-29-53(30-38-57)67-61(47-17-9-5-10-18-47)45-63(65(51-21-13-7-14-22-51)69(67)55-33-41-59(73-3)42-34-55)49-25-27-50(28-26-49)64-46-62(48-19-11-6-12-20-48)68(54-31-39-58(72-2)40-32-54)70(56-35-43-60(74-4)44-36-56)66(64)52-23-15-8-16-24-52/h5-39,41-46,58H,40H2,1-4H3. The van der Waals surface area contributed by atoms with Gasteiger partial charge < -0.3 is 18.9 Å². The summed E-state index contributed by atoms with van der Waals surface area (Å²) in [6.45, 7) is 0. The smallest absolute Gasteiger partial charge is 0.118 e. The van der Waals surface area contributed by atoms with Gasteiger partial charge in [0, 0.05) is 7.11 Å². The fourth-order valence-corrected chi connectivity index (χ4v) is 10.6. The fraction of sp³-hybridized carbons (Fsp3) is 0.0857. The molecule has 4 heteroatoms. The van der Waals surface area contributed by atoms with Crippen LogP contribution < -0.4 is 14.2 Å². The van der Waals surface area contributed by atoms with E-state index in [2.05, 4.69) is 249 Å². The Morgan fingerprint density at radius 2 is 0.581 bits per heavy atom. The van der Waals surface area contributed by atoms with Gasteiger partial charge in [-0.15, -0.1) is 0 Å². The summed E-state index contributed by atoms with van der Waals surface area (Å²) in [5, 5.41) is 0. The van der Waals surface area contributed by atoms with E-state index in [1.54, 1.807) is 28.4 Å². The Labute approximate surface area is 435 Å². The fourth-order valence-electron chi connectivity index (χ4n) is 10.6. The quantitative estimate of drug-likeness (QED) is 0.109. The summed E-state index contributed by atoms with van der Waals surface area (Å²) in [7, 11) is 6.93. The van der Waals surface area contributed by atoms with Crippen LogP contribution in [0.5, 0.6) is 17.2 Å². The van der Waals surface area contributed by atoms with Gasteiger partial charge in [-0.05, 0) is 166 Å². The van der Waals surface area contributed by atoms with Crippen LogP contribution in [0, 0.1) is 0 Å². The molecule has 4 nitrogen and oxygen atoms in total. The van der Waals surface area contributed by atoms with E-state index in [9.17, 15) is 0 Å². The minimum absolute atomic E-state index is 0.0202. The first-order chi connectivity index (χ1) is 36.5. The van der Waals surface area contributed by atoms with Gasteiger partial charge in [0.05, 0.1) is 27.4 Å². The van der Waals surface area contributed by atoms with Crippen LogP contribution in [0.1, 0.15) is 12.0 Å². The molecule has 360 valence electrons. The summed E-state index contributed by atoms with van der Waals surface area (Å²) in [6, 6.07) is 82.7. The molecule has 1 aliphatic rings. The maximum atomic E-state index is 5.82. The molecule has 0 spiro atoms. The lowest BCUT2D eigenvalue weighted by Crippen LogP contribution is -2.09. The number of hydrogen-bond donors (Lipinski definition) is 0. The Hall–Kier alpha value is -8.96. The van der Waals surface area contributed by atoms with Gasteiger partial charge in [0.2, 0.25) is 0 Å². The van der Waals surface area contributed by atoms with Crippen molar-refractivity contribution in [3.8, 4) is 117 Å². The van der Waals surface area contributed by atoms with Crippen molar-refractivity contribution in [1.29, 1.82) is 0 Å². The van der Waals surface area contributed by atoms with Gasteiger partial charge >= 0.3 is 0 Å². The number of methoxy groups -OCH3 is 4. The molecule has 10 aromatic rings. The van der Waals surface area contributed by atoms with Gasteiger partial charge in [0.1, 0.15) is 17.2 Å². The van der Waals surface area contributed by atoms with Gasteiger partial charge in [-0.2, -0.15) is 0 Å². The average molecular weight is 961 g/mol. The van der Waals surface area contributed by atoms with Gasteiger partial charge in [0.15, 0.2) is 0 Å². The lowest BCUT2D eigenvalue weighted by Gasteiger charge is -2.26. The summed E-state index contributed by atoms with van der Waals surface area (Å²) in [6.07, 6.45) is 7.56. The number of allylic oxidation sites excluding steroid dienone is 2. The molecule has 0 fully saturated rings. The third-order valence-electron chi connectivity index (χ3n) is 14.2. The predicted molar refractivity (Wildman–Crippen MR) is 308 cm³/mol. The lowest BCUT2D eigenvalue weighted by molar-refractivity contribution is 0.143. The highest BCUT2D eigenvalue weighted by molar-refractivity contribution is 6.09. The van der Waals surface area contributed by atoms with E-state index in [1.165, 1.54) is 5.56 Å². The summed E-state index contributed by atoms with van der Waals surface area (Å²) < 4.78 is 23.0. The van der Waals surface area contributed by atoms with Crippen LogP contribution in [0.15, 0.2) is 249 Å². The lowest BCUT2D eigenvalue weighted by atomic mass is 9.77. The maximum absolute atomic E-state index is 5.82. The second-order valence-corrected chi connectivity index (χ2v) is 18.4. The Bertz CT molecular complexity index is 3600. The number of ether oxygens (including phenoxy) is 4. The third kappa shape index (κ3) is 9.36. The van der Waals surface area contributed by atoms with Crippen molar-refractivity contribution in [2.24, 2.45) is 0 Å². The molecule has 11 rings (SSSR count). The van der Waals surface area contributed by atoms with Crippen molar-refractivity contribution in [3.63, 3.8) is 0 Å². The van der Waals surface area contributed by atoms with E-state index in [1.807, 2.05) is 0 Å². The van der Waals surface area contributed by atoms with E-state index in [0.29, 0.717) is 0 Å². The summed E-state index contributed by atoms with van der Waals surface area (Å²) in [5.41, 5.74) is 22.6. The van der Waals surface area contributed by atoms with Crippen molar-refractivity contribution < 1.29 is 18.9 Å². The normalized spacial score (nSPS) is 13.0. The first kappa shape index (κ1) is 47.4. The van der Waals surface area contributed by atoms with Crippen LogP contribution in [0.4, 0.5) is 0 Å². The molecule has 0 saturated carbocycles. The molecule has 0 saturated heterocycles. The zero-order chi connectivity index (χ0) is 50.4. The average Bonchev–Trinajstić information content (AvgIpc) is 3.50. The predicted octanol–water partition coefficient (Wildman–Crippen LogP) is 18.1. The molecule has 0 aliphatic heterocycles. The second kappa shape index (κ2) is 21.4. The minimum Gasteiger partial charge on any atom is -0.497 e. The summed E-state index contributed by atoms with van der Waals surface area (Å²) >= 11 is 0. The highest BCUT2D eigenvalue weighted by atomic mass is 16.5. The van der Waals surface area contributed by atoms with Crippen molar-refractivity contribution in [2.75, 3.05) is 28.4 Å². The van der Waals surface area contributed by atoms with Gasteiger partial charge in [0.25, 0.3) is 0 Å². The summed E-state index contributed by atoms with van der Waals surface area (Å²) in [5.74, 6) is 2.42. The number of hydrogen-bond acceptors (Lipinski definition) is 4. The van der Waals surface area contributed by atoms with E-state index in [0.717, 1.165) is 129 Å². The first-order valence-corrected chi connectivity index (χ1v) is 25.1. The Morgan fingerprint density at radius 1 is 0.297 bits per heavy atom. The maximum Gasteiger partial charge on any atom is 0.118 e. The van der Waals surface area contributed by atoms with Crippen molar-refractivity contribution in [2.45, 2.75) is 12.5 Å². The third-order valence-corrected chi connectivity index (χ3v) is 14.2. The number of rotatable bonds is 14. The van der Waals surface area contributed by atoms with Crippen LogP contribution in [0.3, 0.4) is 0 Å². The van der Waals surface area contributed by atoms with E-state index in [4.69, 9.17) is 18.9 Å². The SMILES string of the molecule is COc1ccc(-c2c(-c3ccccc3)cc(-c3ccc(-c4cc(-c5ccccc5)c(C5=CCC(OC)C=C5)c(-c5ccc(OC)cc5)c4-c4ccccc4)cc3)c(-c3ccccc3)c2-c2ccc(OC)cc2)cc1. The summed E-state index contributed by atoms with van der Waals surface area (Å²) in [4.78, 5) is 0. The first-order valence-electron chi connectivity index (χ1n) is 25.1. The van der Waals surface area contributed by atoms with Gasteiger partial charge in [-0.25, -0.2) is 0 Å². The molecular formula is C70H56O4. The highest BCUT2D eigenvalue weighted by Gasteiger charge is 2.27. The molecule has 0 bridgehead atoms. The second-order valence-electron chi connectivity index (χ2n) is 18.4. The molecule has 0 radical (unpaired) electrons. The highest BCUT2D eigenvalue weighted by Crippen LogP contribution is 2.53. The minimum atomic E-state index is 0.0202. The molecule has 1 aliphatic carbocycles. The Balaban J connectivity index is 1.20. The molecule has 0 amide bonds. The molecule has 1 atom stereocenters. The van der Waals surface area contributed by atoms with Crippen LogP contribution >= 0.6 is 0 Å². The zero-order valence-electron chi connectivity index (χ0n) is 42.1. The number of benzene rings is 10. The molecule has 74 heavy (non-hydrogen) atoms. The van der Waals surface area contributed by atoms with Crippen LogP contribution in [-0.4, -0.2) is 34.5 Å².